The molecule has 1 aliphatic carbocycles. The van der Waals surface area contributed by atoms with E-state index in [1.807, 2.05) is 22.7 Å². The predicted octanol–water partition coefficient (Wildman–Crippen LogP) is 4.84. The lowest BCUT2D eigenvalue weighted by Crippen LogP contribution is -2.18. The molecular weight excluding hydrogens is 365 g/mol. The third-order valence-corrected chi connectivity index (χ3v) is 5.89. The molecule has 4 nitrogen and oxygen atoms in total. The summed E-state index contributed by atoms with van der Waals surface area (Å²) in [6.07, 6.45) is 3.99. The van der Waals surface area contributed by atoms with E-state index >= 15 is 0 Å². The van der Waals surface area contributed by atoms with E-state index < -0.39 is 5.60 Å². The monoisotopic (exact) mass is 387 g/mol. The molecule has 0 spiro atoms. The molecule has 2 heterocycles. The summed E-state index contributed by atoms with van der Waals surface area (Å²) < 4.78 is 15.2. The summed E-state index contributed by atoms with van der Waals surface area (Å²) in [7, 11) is 0. The zero-order valence-electron chi connectivity index (χ0n) is 16.4. The van der Waals surface area contributed by atoms with Crippen LogP contribution in [0.1, 0.15) is 43.6 Å². The first-order valence-electron chi connectivity index (χ1n) is 9.82. The summed E-state index contributed by atoms with van der Waals surface area (Å²) in [5.41, 5.74) is 3.57. The molecule has 0 radical (unpaired) electrons. The largest absolute Gasteiger partial charge is 0.386 e. The average molecular weight is 387 g/mol. The van der Waals surface area contributed by atoms with E-state index in [2.05, 4.69) is 34.5 Å². The van der Waals surface area contributed by atoms with E-state index in [4.69, 9.17) is 0 Å². The second-order valence-corrected chi connectivity index (χ2v) is 8.36. The Morgan fingerprint density at radius 1 is 0.931 bits per heavy atom. The molecule has 1 fully saturated rings. The first kappa shape index (κ1) is 18.0. The highest BCUT2D eigenvalue weighted by atomic mass is 19.1. The summed E-state index contributed by atoms with van der Waals surface area (Å²) in [5, 5.41) is 19.4. The summed E-state index contributed by atoms with van der Waals surface area (Å²) in [4.78, 5) is 0. The quantitative estimate of drug-likeness (QED) is 0.545. The van der Waals surface area contributed by atoms with Gasteiger partial charge in [-0.1, -0.05) is 42.5 Å². The molecule has 0 bridgehead atoms. The van der Waals surface area contributed by atoms with Gasteiger partial charge in [0.15, 0.2) is 5.65 Å². The van der Waals surface area contributed by atoms with Gasteiger partial charge in [0.1, 0.15) is 11.6 Å². The molecule has 5 rings (SSSR count). The van der Waals surface area contributed by atoms with Gasteiger partial charge < -0.3 is 5.11 Å². The van der Waals surface area contributed by atoms with Crippen molar-refractivity contribution in [1.29, 1.82) is 0 Å². The molecule has 2 aromatic heterocycles. The van der Waals surface area contributed by atoms with E-state index in [0.29, 0.717) is 5.65 Å². The third kappa shape index (κ3) is 2.93. The zero-order valence-corrected chi connectivity index (χ0v) is 16.4. The zero-order chi connectivity index (χ0) is 20.2. The number of aliphatic hydroxyl groups is 1. The molecule has 0 saturated heterocycles. The smallest absolute Gasteiger partial charge is 0.166 e. The fourth-order valence-electron chi connectivity index (χ4n) is 4.11. The van der Waals surface area contributed by atoms with Crippen LogP contribution in [0.25, 0.3) is 16.8 Å². The maximum absolute atomic E-state index is 13.2. The molecule has 29 heavy (non-hydrogen) atoms. The predicted molar refractivity (Wildman–Crippen MR) is 110 cm³/mol. The lowest BCUT2D eigenvalue weighted by atomic mass is 9.92. The van der Waals surface area contributed by atoms with Gasteiger partial charge in [0.2, 0.25) is 0 Å². The minimum atomic E-state index is -0.986. The van der Waals surface area contributed by atoms with E-state index in [0.717, 1.165) is 35.4 Å². The summed E-state index contributed by atoms with van der Waals surface area (Å²) in [6.45, 7) is 3.52. The van der Waals surface area contributed by atoms with Gasteiger partial charge in [-0.05, 0) is 61.6 Å². The van der Waals surface area contributed by atoms with Crippen LogP contribution < -0.4 is 0 Å². The first-order valence-corrected chi connectivity index (χ1v) is 9.82. The van der Waals surface area contributed by atoms with Crippen molar-refractivity contribution in [2.24, 2.45) is 0 Å². The van der Waals surface area contributed by atoms with Crippen molar-refractivity contribution in [2.75, 3.05) is 0 Å². The lowest BCUT2D eigenvalue weighted by Gasteiger charge is -2.19. The Balaban J connectivity index is 1.55. The molecule has 4 aromatic rings. The van der Waals surface area contributed by atoms with E-state index in [1.165, 1.54) is 17.7 Å². The Hall–Kier alpha value is -3.05. The van der Waals surface area contributed by atoms with Gasteiger partial charge in [-0.2, -0.15) is 0 Å². The van der Waals surface area contributed by atoms with E-state index in [9.17, 15) is 9.50 Å². The van der Waals surface area contributed by atoms with Crippen LogP contribution in [0.2, 0.25) is 0 Å². The van der Waals surface area contributed by atoms with Crippen LogP contribution >= 0.6 is 0 Å². The summed E-state index contributed by atoms with van der Waals surface area (Å²) in [5.74, 6) is 0.680. The second kappa shape index (κ2) is 6.22. The van der Waals surface area contributed by atoms with Gasteiger partial charge in [-0.15, -0.1) is 10.2 Å². The Labute approximate surface area is 168 Å². The van der Waals surface area contributed by atoms with E-state index in [-0.39, 0.29) is 11.2 Å². The fraction of sp³-hybridized carbons (Fsp3) is 0.250. The number of benzene rings is 2. The van der Waals surface area contributed by atoms with E-state index in [1.54, 1.807) is 26.0 Å². The van der Waals surface area contributed by atoms with Gasteiger partial charge in [0, 0.05) is 11.8 Å². The molecule has 2 aromatic carbocycles. The van der Waals surface area contributed by atoms with Crippen LogP contribution in [0.5, 0.6) is 0 Å². The van der Waals surface area contributed by atoms with Crippen molar-refractivity contribution < 1.29 is 9.50 Å². The molecule has 0 aliphatic heterocycles. The molecule has 0 amide bonds. The number of pyridine rings is 1. The highest BCUT2D eigenvalue weighted by molar-refractivity contribution is 5.64. The first-order chi connectivity index (χ1) is 13.9. The second-order valence-electron chi connectivity index (χ2n) is 8.36. The number of rotatable bonds is 4. The van der Waals surface area contributed by atoms with Gasteiger partial charge in [-0.25, -0.2) is 4.39 Å². The molecular formula is C24H22FN3O. The molecule has 0 atom stereocenters. The molecule has 146 valence electrons. The Kier molecular flexibility index (Phi) is 3.87. The van der Waals surface area contributed by atoms with Gasteiger partial charge >= 0.3 is 0 Å². The number of hydrogen-bond donors (Lipinski definition) is 1. The molecule has 0 unspecified atom stereocenters. The highest BCUT2D eigenvalue weighted by Gasteiger charge is 2.49. The number of aromatic nitrogens is 3. The Bertz CT molecular complexity index is 1180. The van der Waals surface area contributed by atoms with Crippen molar-refractivity contribution >= 4 is 5.65 Å². The van der Waals surface area contributed by atoms with Crippen molar-refractivity contribution in [2.45, 2.75) is 37.7 Å². The summed E-state index contributed by atoms with van der Waals surface area (Å²) in [6, 6.07) is 18.8. The Morgan fingerprint density at radius 3 is 2.14 bits per heavy atom. The highest BCUT2D eigenvalue weighted by Crippen LogP contribution is 2.53. The van der Waals surface area contributed by atoms with Gasteiger partial charge in [-0.3, -0.25) is 4.40 Å². The van der Waals surface area contributed by atoms with Crippen LogP contribution in [-0.4, -0.2) is 19.7 Å². The average Bonchev–Trinajstić information content (AvgIpc) is 3.40. The molecule has 1 saturated carbocycles. The van der Waals surface area contributed by atoms with Crippen LogP contribution in [0.4, 0.5) is 4.39 Å². The van der Waals surface area contributed by atoms with Crippen LogP contribution in [0, 0.1) is 5.82 Å². The van der Waals surface area contributed by atoms with Gasteiger partial charge in [0.25, 0.3) is 0 Å². The number of fused-ring (bicyclic) bond motifs is 1. The number of halogens is 1. The normalized spacial score (nSPS) is 15.6. The minimum absolute atomic E-state index is 0.154. The standard InChI is InChI=1S/C24H22FN3O/c1-23(2,29)20-4-3-15-28-21(20)26-27-22(28)24(13-14-24)18-9-5-16(6-10-18)17-7-11-19(25)12-8-17/h3-12,15,29H,13-14H2,1-2H3. The third-order valence-electron chi connectivity index (χ3n) is 5.89. The summed E-state index contributed by atoms with van der Waals surface area (Å²) >= 11 is 0. The topological polar surface area (TPSA) is 50.4 Å². The lowest BCUT2D eigenvalue weighted by molar-refractivity contribution is 0.0796. The maximum atomic E-state index is 13.2. The molecule has 1 N–H and O–H groups in total. The van der Waals surface area contributed by atoms with Crippen molar-refractivity contribution in [3.63, 3.8) is 0 Å². The van der Waals surface area contributed by atoms with Crippen molar-refractivity contribution in [3.05, 3.63) is 89.6 Å². The minimum Gasteiger partial charge on any atom is -0.386 e. The van der Waals surface area contributed by atoms with Gasteiger partial charge in [0.05, 0.1) is 11.0 Å². The SMILES string of the molecule is CC(C)(O)c1cccn2c(C3(c4ccc(-c5ccc(F)cc5)cc4)CC3)nnc12. The molecule has 5 heteroatoms. The van der Waals surface area contributed by atoms with Crippen LogP contribution in [0.15, 0.2) is 66.9 Å². The van der Waals surface area contributed by atoms with Crippen molar-refractivity contribution in [1.82, 2.24) is 14.6 Å². The van der Waals surface area contributed by atoms with Crippen molar-refractivity contribution in [3.8, 4) is 11.1 Å². The maximum Gasteiger partial charge on any atom is 0.166 e. The fourth-order valence-corrected chi connectivity index (χ4v) is 4.11. The number of nitrogens with zero attached hydrogens (tertiary/aromatic N) is 3. The Morgan fingerprint density at radius 2 is 1.55 bits per heavy atom. The molecule has 1 aliphatic rings. The van der Waals surface area contributed by atoms with Crippen LogP contribution in [-0.2, 0) is 11.0 Å². The number of hydrogen-bond acceptors (Lipinski definition) is 3. The van der Waals surface area contributed by atoms with Crippen LogP contribution in [0.3, 0.4) is 0 Å².